The van der Waals surface area contributed by atoms with Crippen LogP contribution in [0.2, 0.25) is 5.02 Å². The molecule has 0 aliphatic rings. The summed E-state index contributed by atoms with van der Waals surface area (Å²) < 4.78 is 37.3. The van der Waals surface area contributed by atoms with E-state index in [1.165, 1.54) is 6.07 Å². The lowest BCUT2D eigenvalue weighted by atomic mass is 10.1. The Bertz CT molecular complexity index is 349. The molecule has 0 radical (unpaired) electrons. The van der Waals surface area contributed by atoms with E-state index in [-0.39, 0.29) is 17.1 Å². The first-order valence-corrected chi connectivity index (χ1v) is 4.09. The molecule has 0 aromatic heterocycles. The fourth-order valence-corrected chi connectivity index (χ4v) is 1.44. The van der Waals surface area contributed by atoms with E-state index in [0.717, 1.165) is 6.07 Å². The van der Waals surface area contributed by atoms with Crippen molar-refractivity contribution in [2.75, 3.05) is 5.73 Å². The zero-order valence-electron chi connectivity index (χ0n) is 7.03. The van der Waals surface area contributed by atoms with E-state index in [4.69, 9.17) is 23.1 Å². The lowest BCUT2D eigenvalue weighted by Crippen LogP contribution is -2.14. The first-order chi connectivity index (χ1) is 6.36. The standard InChI is InChI=1S/C8H8ClF3N2/c9-5-1-4(3-13)7(6(14)2-5)8(10,11)12/h1-2H,3,13-14H2. The zero-order valence-corrected chi connectivity index (χ0v) is 7.78. The molecule has 6 heteroatoms. The van der Waals surface area contributed by atoms with Crippen LogP contribution in [0, 0.1) is 0 Å². The SMILES string of the molecule is NCc1cc(Cl)cc(N)c1C(F)(F)F. The molecule has 0 saturated heterocycles. The number of hydrogen-bond donors (Lipinski definition) is 2. The predicted molar refractivity (Wildman–Crippen MR) is 48.8 cm³/mol. The summed E-state index contributed by atoms with van der Waals surface area (Å²) in [7, 11) is 0. The Morgan fingerprint density at radius 1 is 1.29 bits per heavy atom. The second kappa shape index (κ2) is 3.67. The highest BCUT2D eigenvalue weighted by Crippen LogP contribution is 2.37. The average molecular weight is 225 g/mol. The van der Waals surface area contributed by atoms with Crippen molar-refractivity contribution in [3.05, 3.63) is 28.3 Å². The fourth-order valence-electron chi connectivity index (χ4n) is 1.19. The van der Waals surface area contributed by atoms with Gasteiger partial charge in [0, 0.05) is 17.3 Å². The van der Waals surface area contributed by atoms with Crippen molar-refractivity contribution in [2.24, 2.45) is 5.73 Å². The van der Waals surface area contributed by atoms with Crippen LogP contribution in [-0.4, -0.2) is 0 Å². The summed E-state index contributed by atoms with van der Waals surface area (Å²) in [5, 5.41) is 0.149. The van der Waals surface area contributed by atoms with E-state index in [1.54, 1.807) is 0 Å². The van der Waals surface area contributed by atoms with Crippen molar-refractivity contribution in [1.82, 2.24) is 0 Å². The van der Waals surface area contributed by atoms with Gasteiger partial charge in [-0.2, -0.15) is 13.2 Å². The van der Waals surface area contributed by atoms with Gasteiger partial charge in [-0.3, -0.25) is 0 Å². The van der Waals surface area contributed by atoms with Crippen LogP contribution < -0.4 is 11.5 Å². The van der Waals surface area contributed by atoms with Gasteiger partial charge in [0.1, 0.15) is 0 Å². The van der Waals surface area contributed by atoms with Gasteiger partial charge in [-0.15, -0.1) is 0 Å². The van der Waals surface area contributed by atoms with Crippen LogP contribution in [0.5, 0.6) is 0 Å². The maximum Gasteiger partial charge on any atom is 0.418 e. The van der Waals surface area contributed by atoms with E-state index in [0.29, 0.717) is 0 Å². The molecule has 0 fully saturated rings. The number of halogens is 4. The molecule has 0 saturated carbocycles. The molecule has 1 aromatic carbocycles. The van der Waals surface area contributed by atoms with Crippen LogP contribution in [0.4, 0.5) is 18.9 Å². The molecule has 0 atom stereocenters. The fraction of sp³-hybridized carbons (Fsp3) is 0.250. The summed E-state index contributed by atoms with van der Waals surface area (Å²) in [5.74, 6) is 0. The highest BCUT2D eigenvalue weighted by atomic mass is 35.5. The molecule has 0 amide bonds. The number of benzene rings is 1. The smallest absolute Gasteiger partial charge is 0.398 e. The van der Waals surface area contributed by atoms with Crippen LogP contribution in [0.1, 0.15) is 11.1 Å². The van der Waals surface area contributed by atoms with Gasteiger partial charge in [0.25, 0.3) is 0 Å². The normalized spacial score (nSPS) is 11.8. The van der Waals surface area contributed by atoms with Crippen LogP contribution in [0.25, 0.3) is 0 Å². The quantitative estimate of drug-likeness (QED) is 0.720. The molecule has 4 N–H and O–H groups in total. The van der Waals surface area contributed by atoms with E-state index in [1.807, 2.05) is 0 Å². The first-order valence-electron chi connectivity index (χ1n) is 3.71. The van der Waals surface area contributed by atoms with Crippen molar-refractivity contribution in [1.29, 1.82) is 0 Å². The summed E-state index contributed by atoms with van der Waals surface area (Å²) in [6.45, 7) is -0.250. The Labute approximate surface area is 83.6 Å². The minimum atomic E-state index is -4.50. The van der Waals surface area contributed by atoms with Gasteiger partial charge >= 0.3 is 6.18 Å². The monoisotopic (exact) mass is 224 g/mol. The molecule has 0 aliphatic heterocycles. The van der Waals surface area contributed by atoms with E-state index in [9.17, 15) is 13.2 Å². The van der Waals surface area contributed by atoms with Crippen LogP contribution in [-0.2, 0) is 12.7 Å². The Morgan fingerprint density at radius 2 is 1.86 bits per heavy atom. The van der Waals surface area contributed by atoms with Gasteiger partial charge in [0.05, 0.1) is 5.56 Å². The second-order valence-corrected chi connectivity index (χ2v) is 3.17. The minimum absolute atomic E-state index is 0.0949. The highest BCUT2D eigenvalue weighted by molar-refractivity contribution is 6.31. The second-order valence-electron chi connectivity index (χ2n) is 2.73. The molecule has 2 nitrogen and oxygen atoms in total. The van der Waals surface area contributed by atoms with Crippen molar-refractivity contribution in [2.45, 2.75) is 12.7 Å². The Hall–Kier alpha value is -0.940. The van der Waals surface area contributed by atoms with Crippen molar-refractivity contribution in [3.63, 3.8) is 0 Å². The molecule has 0 heterocycles. The third-order valence-electron chi connectivity index (χ3n) is 1.72. The van der Waals surface area contributed by atoms with Gasteiger partial charge in [-0.05, 0) is 17.7 Å². The van der Waals surface area contributed by atoms with Crippen molar-refractivity contribution >= 4 is 17.3 Å². The molecule has 0 bridgehead atoms. The summed E-state index contributed by atoms with van der Waals surface area (Å²) in [6, 6.07) is 2.23. The number of nitrogens with two attached hydrogens (primary N) is 2. The van der Waals surface area contributed by atoms with Crippen LogP contribution in [0.15, 0.2) is 12.1 Å². The first kappa shape index (κ1) is 11.1. The number of hydrogen-bond acceptors (Lipinski definition) is 2. The largest absolute Gasteiger partial charge is 0.418 e. The van der Waals surface area contributed by atoms with Gasteiger partial charge in [0.2, 0.25) is 0 Å². The van der Waals surface area contributed by atoms with E-state index >= 15 is 0 Å². The molecular weight excluding hydrogens is 217 g/mol. The Balaban J connectivity index is 3.40. The number of alkyl halides is 3. The summed E-state index contributed by atoms with van der Waals surface area (Å²) in [5.41, 5.74) is 9.00. The zero-order chi connectivity index (χ0) is 10.9. The summed E-state index contributed by atoms with van der Waals surface area (Å²) in [4.78, 5) is 0. The Kier molecular flexibility index (Phi) is 2.92. The van der Waals surface area contributed by atoms with Crippen molar-refractivity contribution < 1.29 is 13.2 Å². The van der Waals surface area contributed by atoms with Gasteiger partial charge in [0.15, 0.2) is 0 Å². The minimum Gasteiger partial charge on any atom is -0.398 e. The average Bonchev–Trinajstić information content (AvgIpc) is 1.99. The maximum absolute atomic E-state index is 12.4. The third-order valence-corrected chi connectivity index (χ3v) is 1.94. The van der Waals surface area contributed by atoms with Crippen LogP contribution in [0.3, 0.4) is 0 Å². The summed E-state index contributed by atoms with van der Waals surface area (Å²) in [6.07, 6.45) is -4.50. The van der Waals surface area contributed by atoms with Gasteiger partial charge < -0.3 is 11.5 Å². The highest BCUT2D eigenvalue weighted by Gasteiger charge is 2.35. The molecule has 0 unspecified atom stereocenters. The molecular formula is C8H8ClF3N2. The summed E-state index contributed by atoms with van der Waals surface area (Å²) >= 11 is 5.55. The van der Waals surface area contributed by atoms with Crippen LogP contribution >= 0.6 is 11.6 Å². The molecule has 0 spiro atoms. The topological polar surface area (TPSA) is 52.0 Å². The lowest BCUT2D eigenvalue weighted by molar-refractivity contribution is -0.137. The number of nitrogen functional groups attached to an aromatic ring is 1. The van der Waals surface area contributed by atoms with Gasteiger partial charge in [-0.1, -0.05) is 11.6 Å². The number of rotatable bonds is 1. The molecule has 78 valence electrons. The maximum atomic E-state index is 12.4. The molecule has 1 aromatic rings. The predicted octanol–water partition coefficient (Wildman–Crippen LogP) is 2.40. The van der Waals surface area contributed by atoms with Gasteiger partial charge in [-0.25, -0.2) is 0 Å². The van der Waals surface area contributed by atoms with E-state index in [2.05, 4.69) is 0 Å². The van der Waals surface area contributed by atoms with Crippen molar-refractivity contribution in [3.8, 4) is 0 Å². The van der Waals surface area contributed by atoms with E-state index < -0.39 is 17.4 Å². The molecule has 14 heavy (non-hydrogen) atoms. The lowest BCUT2D eigenvalue weighted by Gasteiger charge is -2.14. The number of anilines is 1. The molecule has 0 aliphatic carbocycles. The molecule has 1 rings (SSSR count). The Morgan fingerprint density at radius 3 is 2.29 bits per heavy atom. The third kappa shape index (κ3) is 2.10.